The largest absolute Gasteiger partial charge is 0.353 e. The third kappa shape index (κ3) is 4.66. The van der Waals surface area contributed by atoms with Gasteiger partial charge in [0.1, 0.15) is 0 Å². The minimum absolute atomic E-state index is 0.0635. The van der Waals surface area contributed by atoms with Gasteiger partial charge in [0.2, 0.25) is 5.91 Å². The predicted octanol–water partition coefficient (Wildman–Crippen LogP) is 2.44. The van der Waals surface area contributed by atoms with Gasteiger partial charge in [0.05, 0.1) is 0 Å². The standard InChI is InChI=1S/C14H28N2O/c1-4-5-12-6-8-13(9-7-12)16-14(17)10(2)11(3)15/h10-13H,4-9,15H2,1-3H3,(H,16,17). The number of amides is 1. The van der Waals surface area contributed by atoms with Gasteiger partial charge in [-0.3, -0.25) is 4.79 Å². The Morgan fingerprint density at radius 2 is 1.88 bits per heavy atom. The highest BCUT2D eigenvalue weighted by molar-refractivity contribution is 5.79. The van der Waals surface area contributed by atoms with E-state index in [0.717, 1.165) is 18.8 Å². The highest BCUT2D eigenvalue weighted by atomic mass is 16.1. The maximum atomic E-state index is 11.9. The van der Waals surface area contributed by atoms with E-state index in [9.17, 15) is 4.79 Å². The number of nitrogens with one attached hydrogen (secondary N) is 1. The fourth-order valence-corrected chi connectivity index (χ4v) is 2.58. The van der Waals surface area contributed by atoms with Crippen molar-refractivity contribution in [2.45, 2.75) is 71.4 Å². The molecule has 0 spiro atoms. The van der Waals surface area contributed by atoms with Crippen LogP contribution in [0.15, 0.2) is 0 Å². The molecule has 3 heteroatoms. The summed E-state index contributed by atoms with van der Waals surface area (Å²) in [6.07, 6.45) is 7.45. The lowest BCUT2D eigenvalue weighted by Gasteiger charge is -2.30. The van der Waals surface area contributed by atoms with E-state index in [2.05, 4.69) is 12.2 Å². The van der Waals surface area contributed by atoms with Crippen LogP contribution in [0, 0.1) is 11.8 Å². The maximum Gasteiger partial charge on any atom is 0.224 e. The average molecular weight is 240 g/mol. The molecule has 17 heavy (non-hydrogen) atoms. The van der Waals surface area contributed by atoms with E-state index in [-0.39, 0.29) is 17.9 Å². The first-order chi connectivity index (χ1) is 8.04. The molecule has 1 fully saturated rings. The van der Waals surface area contributed by atoms with Crippen LogP contribution < -0.4 is 11.1 Å². The SMILES string of the molecule is CCCC1CCC(NC(=O)C(C)C(C)N)CC1. The first-order valence-corrected chi connectivity index (χ1v) is 7.10. The summed E-state index contributed by atoms with van der Waals surface area (Å²) in [6, 6.07) is 0.322. The topological polar surface area (TPSA) is 55.1 Å². The molecule has 0 saturated heterocycles. The Balaban J connectivity index is 2.28. The van der Waals surface area contributed by atoms with Crippen molar-refractivity contribution in [2.24, 2.45) is 17.6 Å². The van der Waals surface area contributed by atoms with Crippen molar-refractivity contribution in [3.8, 4) is 0 Å². The van der Waals surface area contributed by atoms with Gasteiger partial charge in [0, 0.05) is 18.0 Å². The summed E-state index contributed by atoms with van der Waals surface area (Å²) in [5.74, 6) is 0.932. The molecule has 3 N–H and O–H groups in total. The molecule has 100 valence electrons. The molecule has 0 aromatic carbocycles. The summed E-state index contributed by atoms with van der Waals surface area (Å²) >= 11 is 0. The highest BCUT2D eigenvalue weighted by Crippen LogP contribution is 2.27. The number of nitrogens with two attached hydrogens (primary N) is 1. The molecule has 0 aliphatic heterocycles. The summed E-state index contributed by atoms with van der Waals surface area (Å²) < 4.78 is 0. The van der Waals surface area contributed by atoms with Crippen LogP contribution in [-0.4, -0.2) is 18.0 Å². The van der Waals surface area contributed by atoms with Gasteiger partial charge in [-0.25, -0.2) is 0 Å². The van der Waals surface area contributed by atoms with Crippen molar-refractivity contribution in [3.05, 3.63) is 0 Å². The number of hydrogen-bond donors (Lipinski definition) is 2. The smallest absolute Gasteiger partial charge is 0.224 e. The van der Waals surface area contributed by atoms with Crippen LogP contribution in [0.2, 0.25) is 0 Å². The van der Waals surface area contributed by atoms with Crippen molar-refractivity contribution >= 4 is 5.91 Å². The second-order valence-electron chi connectivity index (χ2n) is 5.66. The van der Waals surface area contributed by atoms with Crippen molar-refractivity contribution in [3.63, 3.8) is 0 Å². The average Bonchev–Trinajstić information content (AvgIpc) is 2.30. The molecule has 1 saturated carbocycles. The van der Waals surface area contributed by atoms with Crippen molar-refractivity contribution < 1.29 is 4.79 Å². The molecule has 1 amide bonds. The van der Waals surface area contributed by atoms with Crippen LogP contribution in [0.3, 0.4) is 0 Å². The van der Waals surface area contributed by atoms with Crippen molar-refractivity contribution in [1.29, 1.82) is 0 Å². The van der Waals surface area contributed by atoms with Gasteiger partial charge in [-0.2, -0.15) is 0 Å². The Kier molecular flexibility index (Phi) is 5.96. The molecule has 2 unspecified atom stereocenters. The molecule has 1 aliphatic carbocycles. The van der Waals surface area contributed by atoms with E-state index in [0.29, 0.717) is 6.04 Å². The molecule has 3 nitrogen and oxygen atoms in total. The van der Waals surface area contributed by atoms with E-state index in [1.165, 1.54) is 25.7 Å². The highest BCUT2D eigenvalue weighted by Gasteiger charge is 2.24. The quantitative estimate of drug-likeness (QED) is 0.775. The Hall–Kier alpha value is -0.570. The maximum absolute atomic E-state index is 11.9. The number of rotatable bonds is 5. The molecular weight excluding hydrogens is 212 g/mol. The van der Waals surface area contributed by atoms with Crippen molar-refractivity contribution in [1.82, 2.24) is 5.32 Å². The Bertz CT molecular complexity index is 232. The summed E-state index contributed by atoms with van der Waals surface area (Å²) in [7, 11) is 0. The Morgan fingerprint density at radius 3 is 2.35 bits per heavy atom. The molecule has 1 aliphatic rings. The van der Waals surface area contributed by atoms with Crippen LogP contribution in [-0.2, 0) is 4.79 Å². The summed E-state index contributed by atoms with van der Waals surface area (Å²) in [5, 5.41) is 3.14. The fourth-order valence-electron chi connectivity index (χ4n) is 2.58. The molecule has 2 atom stereocenters. The predicted molar refractivity (Wildman–Crippen MR) is 71.6 cm³/mol. The zero-order valence-electron chi connectivity index (χ0n) is 11.5. The third-order valence-electron chi connectivity index (χ3n) is 4.09. The normalized spacial score (nSPS) is 28.5. The van der Waals surface area contributed by atoms with Gasteiger partial charge in [0.15, 0.2) is 0 Å². The second kappa shape index (κ2) is 7.00. The molecule has 1 rings (SSSR count). The van der Waals surface area contributed by atoms with E-state index in [1.807, 2.05) is 13.8 Å². The van der Waals surface area contributed by atoms with Gasteiger partial charge in [-0.1, -0.05) is 26.7 Å². The van der Waals surface area contributed by atoms with Crippen LogP contribution in [0.4, 0.5) is 0 Å². The summed E-state index contributed by atoms with van der Waals surface area (Å²) in [4.78, 5) is 11.9. The van der Waals surface area contributed by atoms with Gasteiger partial charge in [-0.15, -0.1) is 0 Å². The van der Waals surface area contributed by atoms with E-state index >= 15 is 0 Å². The molecule has 0 bridgehead atoms. The Labute approximate surface area is 106 Å². The van der Waals surface area contributed by atoms with Gasteiger partial charge < -0.3 is 11.1 Å². The van der Waals surface area contributed by atoms with Crippen LogP contribution >= 0.6 is 0 Å². The van der Waals surface area contributed by atoms with Crippen LogP contribution in [0.1, 0.15) is 59.3 Å². The number of carbonyl (C=O) groups is 1. The molecule has 0 aromatic heterocycles. The number of carbonyl (C=O) groups excluding carboxylic acids is 1. The summed E-state index contributed by atoms with van der Waals surface area (Å²) in [6.45, 7) is 6.04. The lowest BCUT2D eigenvalue weighted by atomic mass is 9.83. The van der Waals surface area contributed by atoms with Crippen molar-refractivity contribution in [2.75, 3.05) is 0 Å². The monoisotopic (exact) mass is 240 g/mol. The zero-order chi connectivity index (χ0) is 12.8. The molecule has 0 heterocycles. The number of hydrogen-bond acceptors (Lipinski definition) is 2. The molecular formula is C14H28N2O. The van der Waals surface area contributed by atoms with E-state index < -0.39 is 0 Å². The summed E-state index contributed by atoms with van der Waals surface area (Å²) in [5.41, 5.74) is 5.74. The van der Waals surface area contributed by atoms with Crippen LogP contribution in [0.5, 0.6) is 0 Å². The van der Waals surface area contributed by atoms with Crippen LogP contribution in [0.25, 0.3) is 0 Å². The molecule has 0 radical (unpaired) electrons. The lowest BCUT2D eigenvalue weighted by Crippen LogP contribution is -2.44. The fraction of sp³-hybridized carbons (Fsp3) is 0.929. The Morgan fingerprint density at radius 1 is 1.29 bits per heavy atom. The van der Waals surface area contributed by atoms with E-state index in [4.69, 9.17) is 5.73 Å². The van der Waals surface area contributed by atoms with Gasteiger partial charge in [-0.05, 0) is 38.5 Å². The third-order valence-corrected chi connectivity index (χ3v) is 4.09. The first kappa shape index (κ1) is 14.5. The van der Waals surface area contributed by atoms with E-state index in [1.54, 1.807) is 0 Å². The second-order valence-corrected chi connectivity index (χ2v) is 5.66. The van der Waals surface area contributed by atoms with Gasteiger partial charge in [0.25, 0.3) is 0 Å². The first-order valence-electron chi connectivity index (χ1n) is 7.10. The minimum atomic E-state index is -0.0802. The minimum Gasteiger partial charge on any atom is -0.353 e. The van der Waals surface area contributed by atoms with Gasteiger partial charge >= 0.3 is 0 Å². The zero-order valence-corrected chi connectivity index (χ0v) is 11.5. The molecule has 0 aromatic rings. The lowest BCUT2D eigenvalue weighted by molar-refractivity contribution is -0.125.